The number of phenols is 1. The molecule has 0 spiro atoms. The summed E-state index contributed by atoms with van der Waals surface area (Å²) in [6.45, 7) is 6.16. The molecule has 2 aliphatic rings. The maximum atomic E-state index is 13.4. The van der Waals surface area contributed by atoms with Crippen LogP contribution in [0.25, 0.3) is 10.8 Å². The zero-order valence-electron chi connectivity index (χ0n) is 17.8. The third kappa shape index (κ3) is 4.66. The number of piperidine rings is 1. The fourth-order valence-electron chi connectivity index (χ4n) is 4.48. The molecule has 0 radical (unpaired) electrons. The zero-order valence-corrected chi connectivity index (χ0v) is 17.8. The molecule has 0 aromatic heterocycles. The number of aromatic hydroxyl groups is 1. The number of carbonyl (C=O) groups excluding carboxylic acids is 1. The minimum Gasteiger partial charge on any atom is -0.508 e. The Kier molecular flexibility index (Phi) is 6.66. The summed E-state index contributed by atoms with van der Waals surface area (Å²) < 4.78 is 6.04. The van der Waals surface area contributed by atoms with Gasteiger partial charge in [-0.15, -0.1) is 0 Å². The predicted octanol–water partition coefficient (Wildman–Crippen LogP) is 5.05. The van der Waals surface area contributed by atoms with E-state index in [-0.39, 0.29) is 17.6 Å². The number of carbonyl (C=O) groups is 1. The molecule has 1 heterocycles. The standard InChI is InChI=1S/C26H31NO3/c1-2-19-6-7-21-18-22(28)10-13-24(21)25(19)26(29)20-8-11-23(12-9-20)30-17-16-27-14-4-3-5-15-27/h6-11,13,18,23,28H,2-5,12,14-17H2,1H3. The first-order valence-electron chi connectivity index (χ1n) is 11.2. The fraction of sp³-hybridized carbons (Fsp3) is 0.423. The van der Waals surface area contributed by atoms with E-state index in [1.54, 1.807) is 12.1 Å². The highest BCUT2D eigenvalue weighted by molar-refractivity contribution is 6.18. The van der Waals surface area contributed by atoms with Crippen LogP contribution in [0.5, 0.6) is 5.75 Å². The SMILES string of the molecule is CCc1ccc2cc(O)ccc2c1C(=O)C1=CCC(OCCN2CCCCC2)C=C1. The van der Waals surface area contributed by atoms with Gasteiger partial charge in [-0.25, -0.2) is 0 Å². The van der Waals surface area contributed by atoms with Crippen LogP contribution in [0.2, 0.25) is 0 Å². The van der Waals surface area contributed by atoms with Crippen LogP contribution in [0.4, 0.5) is 0 Å². The zero-order chi connectivity index (χ0) is 20.9. The largest absolute Gasteiger partial charge is 0.508 e. The van der Waals surface area contributed by atoms with E-state index in [1.165, 1.54) is 32.4 Å². The molecule has 1 saturated heterocycles. The Labute approximate surface area is 178 Å². The van der Waals surface area contributed by atoms with Gasteiger partial charge in [-0.2, -0.15) is 0 Å². The number of fused-ring (bicyclic) bond motifs is 1. The van der Waals surface area contributed by atoms with Gasteiger partial charge in [0.15, 0.2) is 5.78 Å². The second-order valence-corrected chi connectivity index (χ2v) is 8.25. The van der Waals surface area contributed by atoms with Gasteiger partial charge in [0.05, 0.1) is 12.7 Å². The van der Waals surface area contributed by atoms with Crippen LogP contribution in [-0.4, -0.2) is 48.1 Å². The van der Waals surface area contributed by atoms with Crippen molar-refractivity contribution < 1.29 is 14.6 Å². The number of allylic oxidation sites excluding steroid dienone is 2. The number of benzene rings is 2. The average molecular weight is 406 g/mol. The minimum absolute atomic E-state index is 0.0430. The summed E-state index contributed by atoms with van der Waals surface area (Å²) in [6, 6.07) is 9.17. The maximum absolute atomic E-state index is 13.4. The third-order valence-electron chi connectivity index (χ3n) is 6.21. The van der Waals surface area contributed by atoms with E-state index in [4.69, 9.17) is 4.74 Å². The summed E-state index contributed by atoms with van der Waals surface area (Å²) in [5.41, 5.74) is 2.50. The smallest absolute Gasteiger partial charge is 0.193 e. The first kappa shape index (κ1) is 20.8. The average Bonchev–Trinajstić information content (AvgIpc) is 2.79. The summed E-state index contributed by atoms with van der Waals surface area (Å²) in [5, 5.41) is 11.6. The molecule has 1 aliphatic carbocycles. The van der Waals surface area contributed by atoms with E-state index in [9.17, 15) is 9.90 Å². The van der Waals surface area contributed by atoms with Crippen molar-refractivity contribution in [2.24, 2.45) is 0 Å². The number of hydrogen-bond donors (Lipinski definition) is 1. The van der Waals surface area contributed by atoms with Gasteiger partial charge in [-0.05, 0) is 73.3 Å². The number of Topliss-reactive ketones (excluding diaryl/α,β-unsaturated/α-hetero) is 1. The highest BCUT2D eigenvalue weighted by Gasteiger charge is 2.20. The number of ketones is 1. The first-order chi connectivity index (χ1) is 14.7. The van der Waals surface area contributed by atoms with Crippen LogP contribution in [0.15, 0.2) is 54.1 Å². The second kappa shape index (κ2) is 9.59. The third-order valence-corrected chi connectivity index (χ3v) is 6.21. The number of rotatable bonds is 7. The van der Waals surface area contributed by atoms with Crippen LogP contribution in [-0.2, 0) is 11.2 Å². The van der Waals surface area contributed by atoms with Crippen molar-refractivity contribution in [2.75, 3.05) is 26.2 Å². The Morgan fingerprint density at radius 1 is 1.17 bits per heavy atom. The first-order valence-corrected chi connectivity index (χ1v) is 11.2. The van der Waals surface area contributed by atoms with E-state index in [1.807, 2.05) is 36.4 Å². The lowest BCUT2D eigenvalue weighted by Gasteiger charge is -2.27. The highest BCUT2D eigenvalue weighted by Crippen LogP contribution is 2.29. The number of hydrogen-bond acceptors (Lipinski definition) is 4. The Hall–Kier alpha value is -2.43. The minimum atomic E-state index is 0.0430. The molecule has 0 amide bonds. The van der Waals surface area contributed by atoms with E-state index in [0.29, 0.717) is 0 Å². The molecule has 1 fully saturated rings. The van der Waals surface area contributed by atoms with Crippen molar-refractivity contribution in [3.05, 3.63) is 65.3 Å². The number of ether oxygens (including phenoxy) is 1. The summed E-state index contributed by atoms with van der Waals surface area (Å²) in [7, 11) is 0. The van der Waals surface area contributed by atoms with Crippen LogP contribution in [0, 0.1) is 0 Å². The van der Waals surface area contributed by atoms with Crippen molar-refractivity contribution in [3.63, 3.8) is 0 Å². The molecule has 2 aromatic rings. The fourth-order valence-corrected chi connectivity index (χ4v) is 4.48. The molecule has 2 aromatic carbocycles. The molecular weight excluding hydrogens is 374 g/mol. The summed E-state index contributed by atoms with van der Waals surface area (Å²) in [5.74, 6) is 0.262. The van der Waals surface area contributed by atoms with Gasteiger partial charge in [0.25, 0.3) is 0 Å². The van der Waals surface area contributed by atoms with Crippen LogP contribution in [0.1, 0.15) is 48.5 Å². The van der Waals surface area contributed by atoms with Gasteiger partial charge in [-0.1, -0.05) is 43.7 Å². The van der Waals surface area contributed by atoms with Gasteiger partial charge in [0, 0.05) is 17.7 Å². The molecule has 1 N–H and O–H groups in total. The molecular formula is C26H31NO3. The normalized spacial score (nSPS) is 19.8. The van der Waals surface area contributed by atoms with E-state index >= 15 is 0 Å². The Bertz CT molecular complexity index is 970. The van der Waals surface area contributed by atoms with Crippen LogP contribution in [0.3, 0.4) is 0 Å². The van der Waals surface area contributed by atoms with Gasteiger partial charge >= 0.3 is 0 Å². The molecule has 0 saturated carbocycles. The molecule has 1 unspecified atom stereocenters. The number of phenolic OH excluding ortho intramolecular Hbond substituents is 1. The van der Waals surface area contributed by atoms with Gasteiger partial charge in [0.1, 0.15) is 5.75 Å². The molecule has 4 heteroatoms. The van der Waals surface area contributed by atoms with Crippen molar-refractivity contribution in [2.45, 2.75) is 45.1 Å². The van der Waals surface area contributed by atoms with E-state index in [0.717, 1.165) is 53.5 Å². The number of nitrogens with zero attached hydrogens (tertiary/aromatic N) is 1. The van der Waals surface area contributed by atoms with Crippen molar-refractivity contribution in [1.82, 2.24) is 4.90 Å². The molecule has 1 aliphatic heterocycles. The molecule has 1 atom stereocenters. The van der Waals surface area contributed by atoms with Gasteiger partial charge in [-0.3, -0.25) is 4.79 Å². The van der Waals surface area contributed by atoms with Crippen LogP contribution >= 0.6 is 0 Å². The lowest BCUT2D eigenvalue weighted by molar-refractivity contribution is 0.0609. The Balaban J connectivity index is 1.43. The Morgan fingerprint density at radius 3 is 2.73 bits per heavy atom. The quantitative estimate of drug-likeness (QED) is 0.655. The monoisotopic (exact) mass is 405 g/mol. The summed E-state index contributed by atoms with van der Waals surface area (Å²) in [6.07, 6.45) is 11.4. The van der Waals surface area contributed by atoms with Crippen molar-refractivity contribution in [1.29, 1.82) is 0 Å². The molecule has 0 bridgehead atoms. The van der Waals surface area contributed by atoms with E-state index in [2.05, 4.69) is 11.8 Å². The van der Waals surface area contributed by atoms with Crippen molar-refractivity contribution >= 4 is 16.6 Å². The maximum Gasteiger partial charge on any atom is 0.193 e. The van der Waals surface area contributed by atoms with E-state index < -0.39 is 0 Å². The lowest BCUT2D eigenvalue weighted by atomic mass is 9.89. The molecule has 4 rings (SSSR count). The second-order valence-electron chi connectivity index (χ2n) is 8.25. The number of aryl methyl sites for hydroxylation is 1. The molecule has 158 valence electrons. The topological polar surface area (TPSA) is 49.8 Å². The summed E-state index contributed by atoms with van der Waals surface area (Å²) >= 11 is 0. The molecule has 4 nitrogen and oxygen atoms in total. The van der Waals surface area contributed by atoms with Gasteiger partial charge < -0.3 is 14.7 Å². The lowest BCUT2D eigenvalue weighted by Crippen LogP contribution is -2.33. The van der Waals surface area contributed by atoms with Crippen molar-refractivity contribution in [3.8, 4) is 5.75 Å². The predicted molar refractivity (Wildman–Crippen MR) is 121 cm³/mol. The molecule has 30 heavy (non-hydrogen) atoms. The Morgan fingerprint density at radius 2 is 2.00 bits per heavy atom. The van der Waals surface area contributed by atoms with Crippen LogP contribution < -0.4 is 0 Å². The van der Waals surface area contributed by atoms with Gasteiger partial charge in [0.2, 0.25) is 0 Å². The number of likely N-dealkylation sites (tertiary alicyclic amines) is 1. The highest BCUT2D eigenvalue weighted by atomic mass is 16.5. The summed E-state index contributed by atoms with van der Waals surface area (Å²) in [4.78, 5) is 15.9.